The number of nitrogens with one attached hydrogen (secondary N) is 1. The third-order valence-corrected chi connectivity index (χ3v) is 8.34. The summed E-state index contributed by atoms with van der Waals surface area (Å²) < 4.78 is 38.9. The van der Waals surface area contributed by atoms with Crippen molar-refractivity contribution in [2.75, 3.05) is 30.9 Å². The number of nitrogens with zero attached hydrogens (tertiary/aromatic N) is 1. The standard InChI is InChI=1S/C25H24N2O5S2/c1-16-12-21(9-10-22(16)32-4)34(29,30)27(2)19-8-11-23-17(13-19)14-24(33-23)25(28)26-18-6-5-7-20(15-18)31-3/h5-15H,1-4H3,(H,26,28). The Bertz CT molecular complexity index is 1480. The number of anilines is 2. The van der Waals surface area contributed by atoms with E-state index >= 15 is 0 Å². The molecule has 0 atom stereocenters. The molecule has 176 valence electrons. The fourth-order valence-electron chi connectivity index (χ4n) is 3.54. The van der Waals surface area contributed by atoms with Gasteiger partial charge >= 0.3 is 0 Å². The maximum absolute atomic E-state index is 13.2. The number of fused-ring (bicyclic) bond motifs is 1. The number of hydrogen-bond acceptors (Lipinski definition) is 6. The molecule has 0 aliphatic heterocycles. The molecule has 34 heavy (non-hydrogen) atoms. The summed E-state index contributed by atoms with van der Waals surface area (Å²) in [6.45, 7) is 1.80. The number of carbonyl (C=O) groups excluding carboxylic acids is 1. The third-order valence-electron chi connectivity index (χ3n) is 5.44. The lowest BCUT2D eigenvalue weighted by Crippen LogP contribution is -2.26. The molecule has 4 aromatic rings. The summed E-state index contributed by atoms with van der Waals surface area (Å²) in [5.74, 6) is 1.03. The number of amides is 1. The van der Waals surface area contributed by atoms with Crippen molar-refractivity contribution in [1.82, 2.24) is 0 Å². The lowest BCUT2D eigenvalue weighted by Gasteiger charge is -2.20. The summed E-state index contributed by atoms with van der Waals surface area (Å²) in [5, 5.41) is 3.65. The van der Waals surface area contributed by atoms with Crippen molar-refractivity contribution in [2.45, 2.75) is 11.8 Å². The van der Waals surface area contributed by atoms with Gasteiger partial charge in [0.15, 0.2) is 0 Å². The first-order valence-electron chi connectivity index (χ1n) is 10.4. The van der Waals surface area contributed by atoms with E-state index in [-0.39, 0.29) is 10.8 Å². The number of rotatable bonds is 7. The number of carbonyl (C=O) groups is 1. The van der Waals surface area contributed by atoms with Gasteiger partial charge in [-0.15, -0.1) is 11.3 Å². The van der Waals surface area contributed by atoms with Gasteiger partial charge in [-0.1, -0.05) is 6.07 Å². The van der Waals surface area contributed by atoms with E-state index in [9.17, 15) is 13.2 Å². The predicted molar refractivity (Wildman–Crippen MR) is 136 cm³/mol. The van der Waals surface area contributed by atoms with Gasteiger partial charge < -0.3 is 14.8 Å². The Morgan fingerprint density at radius 2 is 1.76 bits per heavy atom. The van der Waals surface area contributed by atoms with Gasteiger partial charge in [0.25, 0.3) is 15.9 Å². The number of ether oxygens (including phenoxy) is 2. The van der Waals surface area contributed by atoms with Gasteiger partial charge in [-0.25, -0.2) is 8.42 Å². The van der Waals surface area contributed by atoms with E-state index < -0.39 is 10.0 Å². The third kappa shape index (κ3) is 4.57. The molecule has 4 rings (SSSR count). The monoisotopic (exact) mass is 496 g/mol. The van der Waals surface area contributed by atoms with Crippen LogP contribution in [0.4, 0.5) is 11.4 Å². The number of aryl methyl sites for hydroxylation is 1. The summed E-state index contributed by atoms with van der Waals surface area (Å²) in [4.78, 5) is 13.5. The maximum atomic E-state index is 13.2. The SMILES string of the molecule is COc1cccc(NC(=O)c2cc3cc(N(C)S(=O)(=O)c4ccc(OC)c(C)c4)ccc3s2)c1. The molecule has 0 spiro atoms. The second kappa shape index (κ2) is 9.36. The van der Waals surface area contributed by atoms with Crippen LogP contribution in [0.2, 0.25) is 0 Å². The Hall–Kier alpha value is -3.56. The highest BCUT2D eigenvalue weighted by atomic mass is 32.2. The van der Waals surface area contributed by atoms with Crippen molar-refractivity contribution in [3.63, 3.8) is 0 Å². The van der Waals surface area contributed by atoms with Crippen LogP contribution in [0.25, 0.3) is 10.1 Å². The van der Waals surface area contributed by atoms with Crippen molar-refractivity contribution < 1.29 is 22.7 Å². The highest BCUT2D eigenvalue weighted by Gasteiger charge is 2.23. The summed E-state index contributed by atoms with van der Waals surface area (Å²) >= 11 is 1.34. The first kappa shape index (κ1) is 23.6. The van der Waals surface area contributed by atoms with Crippen molar-refractivity contribution in [3.05, 3.63) is 77.2 Å². The molecule has 9 heteroatoms. The number of benzene rings is 3. The fourth-order valence-corrected chi connectivity index (χ4v) is 5.75. The Morgan fingerprint density at radius 3 is 2.47 bits per heavy atom. The van der Waals surface area contributed by atoms with Gasteiger partial charge in [0.2, 0.25) is 0 Å². The predicted octanol–water partition coefficient (Wildman–Crippen LogP) is 5.30. The molecular formula is C25H24N2O5S2. The zero-order valence-electron chi connectivity index (χ0n) is 19.2. The molecule has 1 aromatic heterocycles. The minimum atomic E-state index is -3.77. The number of hydrogen-bond donors (Lipinski definition) is 1. The summed E-state index contributed by atoms with van der Waals surface area (Å²) in [6, 6.07) is 19.0. The van der Waals surface area contributed by atoms with E-state index in [1.165, 1.54) is 28.8 Å². The maximum Gasteiger partial charge on any atom is 0.265 e. The molecule has 0 bridgehead atoms. The van der Waals surface area contributed by atoms with Crippen molar-refractivity contribution >= 4 is 48.7 Å². The zero-order valence-corrected chi connectivity index (χ0v) is 20.8. The minimum Gasteiger partial charge on any atom is -0.497 e. The van der Waals surface area contributed by atoms with Gasteiger partial charge in [-0.05, 0) is 72.5 Å². The van der Waals surface area contributed by atoms with E-state index in [1.807, 2.05) is 6.07 Å². The zero-order chi connectivity index (χ0) is 24.5. The van der Waals surface area contributed by atoms with Gasteiger partial charge in [0.05, 0.1) is 29.7 Å². The molecule has 0 aliphatic carbocycles. The molecule has 0 unspecified atom stereocenters. The molecular weight excluding hydrogens is 472 g/mol. The Kier molecular flexibility index (Phi) is 6.49. The second-order valence-electron chi connectivity index (χ2n) is 7.62. The highest BCUT2D eigenvalue weighted by molar-refractivity contribution is 7.92. The van der Waals surface area contributed by atoms with Crippen molar-refractivity contribution in [1.29, 1.82) is 0 Å². The average Bonchev–Trinajstić information content (AvgIpc) is 3.27. The molecule has 0 fully saturated rings. The molecule has 0 saturated carbocycles. The van der Waals surface area contributed by atoms with Crippen LogP contribution in [0.15, 0.2) is 71.6 Å². The Morgan fingerprint density at radius 1 is 0.971 bits per heavy atom. The summed E-state index contributed by atoms with van der Waals surface area (Å²) in [7, 11) is 0.850. The van der Waals surface area contributed by atoms with Crippen LogP contribution >= 0.6 is 11.3 Å². The Balaban J connectivity index is 1.60. The highest BCUT2D eigenvalue weighted by Crippen LogP contribution is 2.32. The van der Waals surface area contributed by atoms with E-state index in [0.717, 1.165) is 15.6 Å². The lowest BCUT2D eigenvalue weighted by molar-refractivity contribution is 0.103. The molecule has 1 N–H and O–H groups in total. The first-order chi connectivity index (χ1) is 16.2. The molecule has 0 radical (unpaired) electrons. The van der Waals surface area contributed by atoms with Crippen molar-refractivity contribution in [2.24, 2.45) is 0 Å². The quantitative estimate of drug-likeness (QED) is 0.375. The fraction of sp³-hybridized carbons (Fsp3) is 0.160. The van der Waals surface area contributed by atoms with Gasteiger partial charge in [0.1, 0.15) is 11.5 Å². The van der Waals surface area contributed by atoms with Crippen LogP contribution in [0.5, 0.6) is 11.5 Å². The van der Waals surface area contributed by atoms with Crippen molar-refractivity contribution in [3.8, 4) is 11.5 Å². The number of methoxy groups -OCH3 is 2. The topological polar surface area (TPSA) is 84.9 Å². The molecule has 0 aliphatic rings. The van der Waals surface area contributed by atoms with E-state index in [1.54, 1.807) is 75.7 Å². The molecule has 1 heterocycles. The number of thiophene rings is 1. The van der Waals surface area contributed by atoms with Crippen LogP contribution in [0, 0.1) is 6.92 Å². The van der Waals surface area contributed by atoms with Crippen LogP contribution in [-0.2, 0) is 10.0 Å². The second-order valence-corrected chi connectivity index (χ2v) is 10.7. The summed E-state index contributed by atoms with van der Waals surface area (Å²) in [5.41, 5.74) is 1.86. The summed E-state index contributed by atoms with van der Waals surface area (Å²) in [6.07, 6.45) is 0. The molecule has 7 nitrogen and oxygen atoms in total. The average molecular weight is 497 g/mol. The molecule has 3 aromatic carbocycles. The molecule has 0 saturated heterocycles. The largest absolute Gasteiger partial charge is 0.497 e. The van der Waals surface area contributed by atoms with Crippen LogP contribution in [-0.4, -0.2) is 35.6 Å². The van der Waals surface area contributed by atoms with E-state index in [0.29, 0.717) is 27.8 Å². The van der Waals surface area contributed by atoms with Gasteiger partial charge in [0, 0.05) is 23.5 Å². The van der Waals surface area contributed by atoms with Crippen LogP contribution in [0.1, 0.15) is 15.2 Å². The minimum absolute atomic E-state index is 0.178. The smallest absolute Gasteiger partial charge is 0.265 e. The lowest BCUT2D eigenvalue weighted by atomic mass is 10.2. The van der Waals surface area contributed by atoms with Crippen LogP contribution in [0.3, 0.4) is 0 Å². The number of sulfonamides is 1. The van der Waals surface area contributed by atoms with Gasteiger partial charge in [-0.2, -0.15) is 0 Å². The normalized spacial score (nSPS) is 11.3. The first-order valence-corrected chi connectivity index (χ1v) is 12.6. The Labute approximate surface area is 202 Å². The van der Waals surface area contributed by atoms with E-state index in [4.69, 9.17) is 9.47 Å². The van der Waals surface area contributed by atoms with Crippen LogP contribution < -0.4 is 19.1 Å². The van der Waals surface area contributed by atoms with E-state index in [2.05, 4.69) is 5.32 Å². The van der Waals surface area contributed by atoms with Gasteiger partial charge in [-0.3, -0.25) is 9.10 Å². The molecule has 1 amide bonds.